The van der Waals surface area contributed by atoms with E-state index in [4.69, 9.17) is 0 Å². The van der Waals surface area contributed by atoms with Crippen molar-refractivity contribution >= 4 is 37.3 Å². The number of sulfonamides is 1. The lowest BCUT2D eigenvalue weighted by Crippen LogP contribution is -2.40. The van der Waals surface area contributed by atoms with Crippen molar-refractivity contribution < 1.29 is 17.9 Å². The molecule has 0 saturated heterocycles. The van der Waals surface area contributed by atoms with Crippen molar-refractivity contribution in [3.8, 4) is 5.75 Å². The van der Waals surface area contributed by atoms with Crippen LogP contribution in [-0.2, 0) is 10.0 Å². The summed E-state index contributed by atoms with van der Waals surface area (Å²) in [5, 5.41) is 10.1. The van der Waals surface area contributed by atoms with E-state index in [0.717, 1.165) is 12.8 Å². The molecule has 1 unspecified atom stereocenters. The predicted molar refractivity (Wildman–Crippen MR) is 107 cm³/mol. The van der Waals surface area contributed by atoms with Gasteiger partial charge < -0.3 is 10.0 Å². The van der Waals surface area contributed by atoms with E-state index in [0.29, 0.717) is 28.8 Å². The lowest BCUT2D eigenvalue weighted by molar-refractivity contribution is 0.351. The number of fused-ring (bicyclic) bond motifs is 1. The fraction of sp³-hybridized carbons (Fsp3) is 0.368. The van der Waals surface area contributed by atoms with Crippen molar-refractivity contribution in [3.05, 3.63) is 46.7 Å². The number of benzene rings is 2. The third kappa shape index (κ3) is 3.83. The second kappa shape index (κ2) is 7.77. The van der Waals surface area contributed by atoms with E-state index in [-0.39, 0.29) is 22.5 Å². The molecule has 1 aliphatic heterocycles. The molecule has 8 heteroatoms. The highest BCUT2D eigenvalue weighted by Gasteiger charge is 2.37. The quantitative estimate of drug-likeness (QED) is 0.728. The maximum Gasteiger partial charge on any atom is 0.245 e. The Morgan fingerprint density at radius 3 is 2.56 bits per heavy atom. The fourth-order valence-electron chi connectivity index (χ4n) is 3.30. The zero-order valence-electron chi connectivity index (χ0n) is 15.2. The zero-order valence-corrected chi connectivity index (χ0v) is 17.6. The van der Waals surface area contributed by atoms with Crippen LogP contribution in [0.2, 0.25) is 0 Å². The number of nitrogens with zero attached hydrogens (tertiary/aromatic N) is 2. The first-order chi connectivity index (χ1) is 12.8. The Bertz CT molecular complexity index is 935. The third-order valence-electron chi connectivity index (χ3n) is 4.91. The minimum Gasteiger partial charge on any atom is -0.507 e. The van der Waals surface area contributed by atoms with Crippen LogP contribution < -0.4 is 4.90 Å². The van der Waals surface area contributed by atoms with Crippen LogP contribution in [0.25, 0.3) is 0 Å². The van der Waals surface area contributed by atoms with Crippen molar-refractivity contribution in [2.45, 2.75) is 37.1 Å². The molecule has 0 spiro atoms. The number of phenolic OH excluding ortho intramolecular Hbond substituents is 1. The van der Waals surface area contributed by atoms with E-state index in [9.17, 15) is 17.9 Å². The minimum atomic E-state index is -3.79. The Balaban J connectivity index is 2.21. The van der Waals surface area contributed by atoms with Gasteiger partial charge in [0.2, 0.25) is 10.0 Å². The fourth-order valence-corrected chi connectivity index (χ4v) is 5.20. The van der Waals surface area contributed by atoms with Crippen LogP contribution in [0.15, 0.2) is 45.8 Å². The summed E-state index contributed by atoms with van der Waals surface area (Å²) in [7, 11) is -2.21. The highest BCUT2D eigenvalue weighted by atomic mass is 79.9. The van der Waals surface area contributed by atoms with Gasteiger partial charge in [-0.1, -0.05) is 19.8 Å². The van der Waals surface area contributed by atoms with Crippen LogP contribution >= 0.6 is 15.9 Å². The summed E-state index contributed by atoms with van der Waals surface area (Å²) in [6.45, 7) is 2.50. The van der Waals surface area contributed by atoms with Crippen LogP contribution in [0.4, 0.5) is 15.8 Å². The zero-order chi connectivity index (χ0) is 19.8. The van der Waals surface area contributed by atoms with Gasteiger partial charge in [-0.2, -0.15) is 4.31 Å². The maximum absolute atomic E-state index is 13.4. The van der Waals surface area contributed by atoms with Gasteiger partial charge in [-0.15, -0.1) is 0 Å². The summed E-state index contributed by atoms with van der Waals surface area (Å²) >= 11 is 3.28. The molecule has 1 heterocycles. The Morgan fingerprint density at radius 1 is 1.26 bits per heavy atom. The number of phenols is 1. The van der Waals surface area contributed by atoms with Gasteiger partial charge >= 0.3 is 0 Å². The number of halogens is 2. The highest BCUT2D eigenvalue weighted by Crippen LogP contribution is 2.42. The van der Waals surface area contributed by atoms with Crippen molar-refractivity contribution in [3.63, 3.8) is 0 Å². The SMILES string of the molecule is CCCCC1CN(c2ccc(F)cc2)c2cc(Br)c(O)cc2S(=O)(=O)N1C. The number of anilines is 2. The van der Waals surface area contributed by atoms with Crippen LogP contribution in [0.5, 0.6) is 5.75 Å². The van der Waals surface area contributed by atoms with Crippen LogP contribution in [-0.4, -0.2) is 37.5 Å². The van der Waals surface area contributed by atoms with Crippen molar-refractivity contribution in [2.75, 3.05) is 18.5 Å². The van der Waals surface area contributed by atoms with Gasteiger partial charge in [-0.05, 0) is 52.7 Å². The third-order valence-corrected chi connectivity index (χ3v) is 7.49. The summed E-state index contributed by atoms with van der Waals surface area (Å²) in [4.78, 5) is 1.91. The molecule has 3 rings (SSSR count). The van der Waals surface area contributed by atoms with E-state index >= 15 is 0 Å². The standard InChI is InChI=1S/C19H22BrFN2O3S/c1-3-4-5-15-12-23(14-8-6-13(21)7-9-14)17-10-16(20)18(24)11-19(17)27(25,26)22(15)2/h6-11,15,24H,3-5,12H2,1-2H3. The lowest BCUT2D eigenvalue weighted by Gasteiger charge is -2.29. The molecule has 0 aliphatic carbocycles. The van der Waals surface area contributed by atoms with Crippen LogP contribution in [0, 0.1) is 5.82 Å². The number of aromatic hydroxyl groups is 1. The average Bonchev–Trinajstić information content (AvgIpc) is 2.70. The van der Waals surface area contributed by atoms with E-state index in [1.807, 2.05) is 4.90 Å². The molecule has 0 radical (unpaired) electrons. The first-order valence-corrected chi connectivity index (χ1v) is 11.0. The number of likely N-dealkylation sites (N-methyl/N-ethyl adjacent to an activating group) is 1. The molecule has 0 aromatic heterocycles. The van der Waals surface area contributed by atoms with E-state index < -0.39 is 10.0 Å². The predicted octanol–water partition coefficient (Wildman–Crippen LogP) is 4.62. The van der Waals surface area contributed by atoms with Gasteiger partial charge in [-0.25, -0.2) is 12.8 Å². The highest BCUT2D eigenvalue weighted by molar-refractivity contribution is 9.10. The number of hydrogen-bond acceptors (Lipinski definition) is 4. The van der Waals surface area contributed by atoms with E-state index in [1.165, 1.54) is 22.5 Å². The molecule has 0 saturated carbocycles. The molecule has 0 amide bonds. The van der Waals surface area contributed by atoms with Gasteiger partial charge in [0.15, 0.2) is 0 Å². The Hall–Kier alpha value is -1.64. The second-order valence-electron chi connectivity index (χ2n) is 6.68. The molecule has 0 bridgehead atoms. The van der Waals surface area contributed by atoms with Gasteiger partial charge in [0.1, 0.15) is 16.5 Å². The van der Waals surface area contributed by atoms with Gasteiger partial charge in [-0.3, -0.25) is 0 Å². The van der Waals surface area contributed by atoms with E-state index in [1.54, 1.807) is 25.2 Å². The van der Waals surface area contributed by atoms with Gasteiger partial charge in [0, 0.05) is 31.4 Å². The molecule has 27 heavy (non-hydrogen) atoms. The second-order valence-corrected chi connectivity index (χ2v) is 9.50. The summed E-state index contributed by atoms with van der Waals surface area (Å²) in [6, 6.07) is 8.60. The average molecular weight is 457 g/mol. The molecule has 2 aromatic rings. The normalized spacial score (nSPS) is 19.6. The summed E-state index contributed by atoms with van der Waals surface area (Å²) in [5.74, 6) is -0.496. The first kappa shape index (κ1) is 20.1. The van der Waals surface area contributed by atoms with Crippen molar-refractivity contribution in [1.82, 2.24) is 4.31 Å². The molecule has 1 N–H and O–H groups in total. The Kier molecular flexibility index (Phi) is 5.79. The Morgan fingerprint density at radius 2 is 1.93 bits per heavy atom. The molecular weight excluding hydrogens is 435 g/mol. The maximum atomic E-state index is 13.4. The van der Waals surface area contributed by atoms with Crippen LogP contribution in [0.1, 0.15) is 26.2 Å². The number of rotatable bonds is 4. The molecule has 1 aliphatic rings. The van der Waals surface area contributed by atoms with E-state index in [2.05, 4.69) is 22.9 Å². The van der Waals surface area contributed by atoms with Crippen LogP contribution in [0.3, 0.4) is 0 Å². The summed E-state index contributed by atoms with van der Waals surface area (Å²) in [5.41, 5.74) is 1.15. The molecule has 0 fully saturated rings. The van der Waals surface area contributed by atoms with Crippen molar-refractivity contribution in [2.24, 2.45) is 0 Å². The van der Waals surface area contributed by atoms with Gasteiger partial charge in [0.05, 0.1) is 10.2 Å². The minimum absolute atomic E-state index is 0.0361. The number of hydrogen-bond donors (Lipinski definition) is 1. The Labute approximate surface area is 167 Å². The number of unbranched alkanes of at least 4 members (excludes halogenated alkanes) is 1. The lowest BCUT2D eigenvalue weighted by atomic mass is 10.1. The monoisotopic (exact) mass is 456 g/mol. The largest absolute Gasteiger partial charge is 0.507 e. The first-order valence-electron chi connectivity index (χ1n) is 8.79. The topological polar surface area (TPSA) is 60.9 Å². The smallest absolute Gasteiger partial charge is 0.245 e. The summed E-state index contributed by atoms with van der Waals surface area (Å²) in [6.07, 6.45) is 2.57. The van der Waals surface area contributed by atoms with Gasteiger partial charge in [0.25, 0.3) is 0 Å². The van der Waals surface area contributed by atoms with Crippen molar-refractivity contribution in [1.29, 1.82) is 0 Å². The summed E-state index contributed by atoms with van der Waals surface area (Å²) < 4.78 is 41.6. The molecule has 5 nitrogen and oxygen atoms in total. The molecular formula is C19H22BrFN2O3S. The molecule has 2 aromatic carbocycles. The molecule has 146 valence electrons. The molecule has 1 atom stereocenters.